The maximum atomic E-state index is 12.6. The molecule has 1 N–H and O–H groups in total. The summed E-state index contributed by atoms with van der Waals surface area (Å²) < 4.78 is 2.09. The SMILES string of the molecule is CC(Sc1nc2ccsc2c(=O)n1C)C(=O)NC(C)c1ccc(Cl)cc1Cl. The molecule has 0 saturated carbocycles. The van der Waals surface area contributed by atoms with Gasteiger partial charge in [0.2, 0.25) is 5.91 Å². The monoisotopic (exact) mass is 441 g/mol. The lowest BCUT2D eigenvalue weighted by atomic mass is 10.1. The van der Waals surface area contributed by atoms with Gasteiger partial charge in [-0.2, -0.15) is 0 Å². The Labute approximate surface area is 174 Å². The van der Waals surface area contributed by atoms with Crippen molar-refractivity contribution in [2.24, 2.45) is 7.05 Å². The summed E-state index contributed by atoms with van der Waals surface area (Å²) in [6, 6.07) is 6.71. The molecule has 0 spiro atoms. The van der Waals surface area contributed by atoms with Gasteiger partial charge in [-0.15, -0.1) is 11.3 Å². The fraction of sp³-hybridized carbons (Fsp3) is 0.278. The molecule has 1 aromatic carbocycles. The lowest BCUT2D eigenvalue weighted by molar-refractivity contribution is -0.120. The standard InChI is InChI=1S/C18H17Cl2N3O2S2/c1-9(12-5-4-11(19)8-13(12)20)21-16(24)10(2)27-18-22-14-6-7-26-15(14)17(25)23(18)3/h4-10H,1-3H3,(H,21,24). The molecule has 27 heavy (non-hydrogen) atoms. The van der Waals surface area contributed by atoms with E-state index in [2.05, 4.69) is 10.3 Å². The summed E-state index contributed by atoms with van der Waals surface area (Å²) in [6.07, 6.45) is 0. The van der Waals surface area contributed by atoms with Crippen molar-refractivity contribution in [2.75, 3.05) is 0 Å². The number of rotatable bonds is 5. The van der Waals surface area contributed by atoms with Gasteiger partial charge in [0, 0.05) is 17.1 Å². The van der Waals surface area contributed by atoms with Crippen molar-refractivity contribution in [3.05, 3.63) is 55.6 Å². The molecule has 2 unspecified atom stereocenters. The molecule has 0 aliphatic carbocycles. The maximum Gasteiger partial charge on any atom is 0.271 e. The second-order valence-corrected chi connectivity index (χ2v) is 9.12. The number of nitrogens with one attached hydrogen (secondary N) is 1. The Bertz CT molecular complexity index is 1060. The van der Waals surface area contributed by atoms with Crippen LogP contribution in [0.2, 0.25) is 10.0 Å². The Hall–Kier alpha value is -1.54. The summed E-state index contributed by atoms with van der Waals surface area (Å²) in [6.45, 7) is 3.63. The number of fused-ring (bicyclic) bond motifs is 1. The van der Waals surface area contributed by atoms with Gasteiger partial charge in [-0.25, -0.2) is 4.98 Å². The van der Waals surface area contributed by atoms with Crippen molar-refractivity contribution in [3.63, 3.8) is 0 Å². The molecule has 0 fully saturated rings. The van der Waals surface area contributed by atoms with Crippen molar-refractivity contribution in [1.82, 2.24) is 14.9 Å². The molecule has 0 bridgehead atoms. The number of hydrogen-bond acceptors (Lipinski definition) is 5. The first-order valence-corrected chi connectivity index (χ1v) is 10.7. The average Bonchev–Trinajstić information content (AvgIpc) is 3.07. The highest BCUT2D eigenvalue weighted by molar-refractivity contribution is 8.00. The van der Waals surface area contributed by atoms with Crippen LogP contribution in [0.15, 0.2) is 39.6 Å². The molecule has 0 saturated heterocycles. The van der Waals surface area contributed by atoms with E-state index in [0.717, 1.165) is 5.56 Å². The van der Waals surface area contributed by atoms with Gasteiger partial charge < -0.3 is 5.32 Å². The van der Waals surface area contributed by atoms with Gasteiger partial charge in [-0.1, -0.05) is 41.0 Å². The topological polar surface area (TPSA) is 64.0 Å². The van der Waals surface area contributed by atoms with E-state index in [1.807, 2.05) is 12.3 Å². The summed E-state index contributed by atoms with van der Waals surface area (Å²) in [5.74, 6) is -0.168. The zero-order valence-corrected chi connectivity index (χ0v) is 18.0. The molecule has 0 aliphatic rings. The van der Waals surface area contributed by atoms with Crippen LogP contribution >= 0.6 is 46.3 Å². The number of amides is 1. The van der Waals surface area contributed by atoms with Crippen LogP contribution in [0.25, 0.3) is 10.2 Å². The van der Waals surface area contributed by atoms with Gasteiger partial charge in [-0.3, -0.25) is 14.2 Å². The second-order valence-electron chi connectivity index (χ2n) is 6.05. The molecular weight excluding hydrogens is 425 g/mol. The van der Waals surface area contributed by atoms with Crippen molar-refractivity contribution in [2.45, 2.75) is 30.3 Å². The van der Waals surface area contributed by atoms with Crippen molar-refractivity contribution in [1.29, 1.82) is 0 Å². The van der Waals surface area contributed by atoms with Gasteiger partial charge in [0.1, 0.15) is 4.70 Å². The minimum Gasteiger partial charge on any atom is -0.349 e. The van der Waals surface area contributed by atoms with Gasteiger partial charge >= 0.3 is 0 Å². The van der Waals surface area contributed by atoms with E-state index < -0.39 is 5.25 Å². The third-order valence-corrected chi connectivity index (χ3v) is 6.68. The molecule has 2 aromatic heterocycles. The number of carbonyl (C=O) groups is 1. The van der Waals surface area contributed by atoms with Crippen molar-refractivity contribution >= 4 is 62.4 Å². The molecule has 0 radical (unpaired) electrons. The Morgan fingerprint density at radius 1 is 1.30 bits per heavy atom. The van der Waals surface area contributed by atoms with Crippen LogP contribution in [-0.2, 0) is 11.8 Å². The van der Waals surface area contributed by atoms with E-state index in [9.17, 15) is 9.59 Å². The van der Waals surface area contributed by atoms with Crippen molar-refractivity contribution < 1.29 is 4.79 Å². The van der Waals surface area contributed by atoms with Crippen LogP contribution in [0.1, 0.15) is 25.5 Å². The molecule has 0 aliphatic heterocycles. The highest BCUT2D eigenvalue weighted by Crippen LogP contribution is 2.28. The van der Waals surface area contributed by atoms with Crippen LogP contribution in [0.3, 0.4) is 0 Å². The largest absolute Gasteiger partial charge is 0.349 e. The molecule has 1 amide bonds. The van der Waals surface area contributed by atoms with E-state index in [4.69, 9.17) is 23.2 Å². The quantitative estimate of drug-likeness (QED) is 0.461. The molecule has 2 atom stereocenters. The average molecular weight is 442 g/mol. The number of hydrogen-bond donors (Lipinski definition) is 1. The molecular formula is C18H17Cl2N3O2S2. The first kappa shape index (κ1) is 20.2. The summed E-state index contributed by atoms with van der Waals surface area (Å²) >= 11 is 14.7. The van der Waals surface area contributed by atoms with E-state index in [1.165, 1.54) is 27.7 Å². The molecule has 2 heterocycles. The Morgan fingerprint density at radius 3 is 2.74 bits per heavy atom. The van der Waals surface area contributed by atoms with Gasteiger partial charge in [-0.05, 0) is 43.0 Å². The minimum absolute atomic E-state index is 0.105. The van der Waals surface area contributed by atoms with E-state index in [0.29, 0.717) is 25.4 Å². The van der Waals surface area contributed by atoms with Crippen LogP contribution < -0.4 is 10.9 Å². The van der Waals surface area contributed by atoms with Gasteiger partial charge in [0.05, 0.1) is 16.8 Å². The first-order chi connectivity index (χ1) is 12.8. The third kappa shape index (κ3) is 4.32. The zero-order valence-electron chi connectivity index (χ0n) is 14.8. The highest BCUT2D eigenvalue weighted by atomic mass is 35.5. The predicted octanol–water partition coefficient (Wildman–Crippen LogP) is 4.66. The zero-order chi connectivity index (χ0) is 19.7. The Balaban J connectivity index is 1.74. The number of aromatic nitrogens is 2. The molecule has 3 aromatic rings. The number of nitrogens with zero attached hydrogens (tertiary/aromatic N) is 2. The van der Waals surface area contributed by atoms with E-state index >= 15 is 0 Å². The van der Waals surface area contributed by atoms with Crippen LogP contribution in [0.4, 0.5) is 0 Å². The lowest BCUT2D eigenvalue weighted by Crippen LogP contribution is -2.33. The summed E-state index contributed by atoms with van der Waals surface area (Å²) in [5.41, 5.74) is 1.34. The molecule has 9 heteroatoms. The number of thiophene rings is 1. The maximum absolute atomic E-state index is 12.6. The summed E-state index contributed by atoms with van der Waals surface area (Å²) in [4.78, 5) is 29.5. The van der Waals surface area contributed by atoms with Crippen LogP contribution in [0, 0.1) is 0 Å². The van der Waals surface area contributed by atoms with Crippen molar-refractivity contribution in [3.8, 4) is 0 Å². The minimum atomic E-state index is -0.437. The number of thioether (sulfide) groups is 1. The number of carbonyl (C=O) groups excluding carboxylic acids is 1. The van der Waals surface area contributed by atoms with Crippen LogP contribution in [-0.4, -0.2) is 20.7 Å². The first-order valence-electron chi connectivity index (χ1n) is 8.14. The normalized spacial score (nSPS) is 13.5. The number of halogens is 2. The Morgan fingerprint density at radius 2 is 2.04 bits per heavy atom. The third-order valence-electron chi connectivity index (χ3n) is 4.09. The Kier molecular flexibility index (Phi) is 6.15. The van der Waals surface area contributed by atoms with Gasteiger partial charge in [0.25, 0.3) is 5.56 Å². The summed E-state index contributed by atoms with van der Waals surface area (Å²) in [7, 11) is 1.66. The fourth-order valence-electron chi connectivity index (χ4n) is 2.55. The molecule has 5 nitrogen and oxygen atoms in total. The predicted molar refractivity (Wildman–Crippen MR) is 113 cm³/mol. The van der Waals surface area contributed by atoms with Gasteiger partial charge in [0.15, 0.2) is 5.16 Å². The van der Waals surface area contributed by atoms with Crippen LogP contribution in [0.5, 0.6) is 0 Å². The molecule has 142 valence electrons. The highest BCUT2D eigenvalue weighted by Gasteiger charge is 2.21. The smallest absolute Gasteiger partial charge is 0.271 e. The second kappa shape index (κ2) is 8.22. The summed E-state index contributed by atoms with van der Waals surface area (Å²) in [5, 5.41) is 5.89. The van der Waals surface area contributed by atoms with E-state index in [1.54, 1.807) is 38.2 Å². The molecule has 3 rings (SSSR count). The fourth-order valence-corrected chi connectivity index (χ4v) is 4.81. The number of benzene rings is 1. The van der Waals surface area contributed by atoms with E-state index in [-0.39, 0.29) is 17.5 Å². The lowest BCUT2D eigenvalue weighted by Gasteiger charge is -2.19.